The van der Waals surface area contributed by atoms with Crippen molar-refractivity contribution in [3.05, 3.63) is 65.7 Å². The van der Waals surface area contributed by atoms with Gasteiger partial charge in [0.1, 0.15) is 5.75 Å². The zero-order valence-corrected chi connectivity index (χ0v) is 15.1. The van der Waals surface area contributed by atoms with Crippen molar-refractivity contribution < 1.29 is 19.4 Å². The first-order valence-electron chi connectivity index (χ1n) is 9.42. The Labute approximate surface area is 158 Å². The summed E-state index contributed by atoms with van der Waals surface area (Å²) in [6.45, 7) is 1.25. The number of para-hydroxylation sites is 1. The quantitative estimate of drug-likeness (QED) is 0.852. The molecule has 1 saturated carbocycles. The van der Waals surface area contributed by atoms with Crippen molar-refractivity contribution in [2.75, 3.05) is 19.7 Å². The van der Waals surface area contributed by atoms with Gasteiger partial charge in [-0.05, 0) is 36.5 Å². The van der Waals surface area contributed by atoms with Gasteiger partial charge in [-0.1, -0.05) is 42.5 Å². The van der Waals surface area contributed by atoms with Crippen molar-refractivity contribution in [1.82, 2.24) is 4.90 Å². The van der Waals surface area contributed by atoms with Crippen LogP contribution in [0.3, 0.4) is 0 Å². The third-order valence-electron chi connectivity index (χ3n) is 5.44. The Hall–Kier alpha value is -2.82. The number of hydrogen-bond acceptors (Lipinski definition) is 3. The van der Waals surface area contributed by atoms with Gasteiger partial charge in [0.15, 0.2) is 0 Å². The first-order chi connectivity index (χ1) is 13.1. The number of nitrogens with zero attached hydrogens (tertiary/aromatic N) is 1. The summed E-state index contributed by atoms with van der Waals surface area (Å²) in [5.74, 6) is -0.644. The second kappa shape index (κ2) is 7.43. The Morgan fingerprint density at radius 2 is 1.70 bits per heavy atom. The summed E-state index contributed by atoms with van der Waals surface area (Å²) in [6.07, 6.45) is 2.36. The van der Waals surface area contributed by atoms with Gasteiger partial charge in [-0.25, -0.2) is 0 Å². The fourth-order valence-corrected chi connectivity index (χ4v) is 3.69. The molecule has 4 rings (SSSR count). The molecular weight excluding hydrogens is 342 g/mol. The van der Waals surface area contributed by atoms with Gasteiger partial charge in [0.05, 0.1) is 18.1 Å². The number of ether oxygens (including phenoxy) is 1. The zero-order valence-electron chi connectivity index (χ0n) is 15.1. The standard InChI is InChI=1S/C22H23NO4/c24-21(17-8-4-5-9-20(17)27-14-15-10-11-15)23-12-18(19(13-23)22(25)26)16-6-2-1-3-7-16/h1-9,15,18-19H,10-14H2,(H,25,26). The Bertz CT molecular complexity index is 831. The van der Waals surface area contributed by atoms with Crippen LogP contribution in [-0.2, 0) is 4.79 Å². The minimum absolute atomic E-state index is 0.161. The summed E-state index contributed by atoms with van der Waals surface area (Å²) >= 11 is 0. The average molecular weight is 365 g/mol. The van der Waals surface area contributed by atoms with Crippen LogP contribution < -0.4 is 4.74 Å². The molecule has 5 heteroatoms. The molecule has 0 bridgehead atoms. The van der Waals surface area contributed by atoms with Gasteiger partial charge < -0.3 is 14.7 Å². The third-order valence-corrected chi connectivity index (χ3v) is 5.44. The molecule has 5 nitrogen and oxygen atoms in total. The van der Waals surface area contributed by atoms with Crippen LogP contribution in [0.5, 0.6) is 5.75 Å². The first kappa shape index (κ1) is 17.6. The van der Waals surface area contributed by atoms with E-state index in [4.69, 9.17) is 4.74 Å². The van der Waals surface area contributed by atoms with E-state index in [1.807, 2.05) is 48.5 Å². The van der Waals surface area contributed by atoms with Crippen LogP contribution in [0.2, 0.25) is 0 Å². The maximum atomic E-state index is 13.1. The summed E-state index contributed by atoms with van der Waals surface area (Å²) in [6, 6.07) is 16.8. The van der Waals surface area contributed by atoms with Crippen molar-refractivity contribution in [3.63, 3.8) is 0 Å². The molecule has 1 aliphatic heterocycles. The number of carbonyl (C=O) groups excluding carboxylic acids is 1. The summed E-state index contributed by atoms with van der Waals surface area (Å²) in [5.41, 5.74) is 1.47. The number of hydrogen-bond donors (Lipinski definition) is 1. The van der Waals surface area contributed by atoms with Crippen LogP contribution in [0.15, 0.2) is 54.6 Å². The van der Waals surface area contributed by atoms with Gasteiger partial charge in [-0.15, -0.1) is 0 Å². The van der Waals surface area contributed by atoms with Crippen LogP contribution in [0.4, 0.5) is 0 Å². The van der Waals surface area contributed by atoms with E-state index >= 15 is 0 Å². The molecule has 0 spiro atoms. The SMILES string of the molecule is O=C(O)C1CN(C(=O)c2ccccc2OCC2CC2)CC1c1ccccc1. The molecule has 2 aromatic rings. The largest absolute Gasteiger partial charge is 0.492 e. The van der Waals surface area contributed by atoms with E-state index < -0.39 is 11.9 Å². The van der Waals surface area contributed by atoms with E-state index in [0.29, 0.717) is 30.4 Å². The monoisotopic (exact) mass is 365 g/mol. The van der Waals surface area contributed by atoms with Gasteiger partial charge in [-0.2, -0.15) is 0 Å². The molecule has 0 aromatic heterocycles. The fraction of sp³-hybridized carbons (Fsp3) is 0.364. The second-order valence-corrected chi connectivity index (χ2v) is 7.42. The lowest BCUT2D eigenvalue weighted by molar-refractivity contribution is -0.141. The van der Waals surface area contributed by atoms with Crippen LogP contribution >= 0.6 is 0 Å². The molecule has 1 N–H and O–H groups in total. The Kier molecular flexibility index (Phi) is 4.84. The molecular formula is C22H23NO4. The van der Waals surface area contributed by atoms with Gasteiger partial charge in [0.2, 0.25) is 0 Å². The highest BCUT2D eigenvalue weighted by Gasteiger charge is 2.41. The van der Waals surface area contributed by atoms with Crippen molar-refractivity contribution in [3.8, 4) is 5.75 Å². The highest BCUT2D eigenvalue weighted by atomic mass is 16.5. The number of carboxylic acid groups (broad SMARTS) is 1. The predicted octanol–water partition coefficient (Wildman–Crippen LogP) is 3.42. The number of likely N-dealkylation sites (tertiary alicyclic amines) is 1. The Morgan fingerprint density at radius 3 is 2.41 bits per heavy atom. The van der Waals surface area contributed by atoms with Crippen molar-refractivity contribution in [2.45, 2.75) is 18.8 Å². The van der Waals surface area contributed by atoms with E-state index in [1.54, 1.807) is 11.0 Å². The second-order valence-electron chi connectivity index (χ2n) is 7.42. The first-order valence-corrected chi connectivity index (χ1v) is 9.42. The van der Waals surface area contributed by atoms with Gasteiger partial charge in [-0.3, -0.25) is 9.59 Å². The van der Waals surface area contributed by atoms with Crippen LogP contribution in [-0.4, -0.2) is 41.6 Å². The third kappa shape index (κ3) is 3.82. The molecule has 2 fully saturated rings. The van der Waals surface area contributed by atoms with Crippen molar-refractivity contribution >= 4 is 11.9 Å². The normalized spacial score (nSPS) is 21.9. The van der Waals surface area contributed by atoms with E-state index in [1.165, 1.54) is 12.8 Å². The minimum atomic E-state index is -0.863. The fourth-order valence-electron chi connectivity index (χ4n) is 3.69. The highest BCUT2D eigenvalue weighted by Crippen LogP contribution is 2.35. The average Bonchev–Trinajstić information content (AvgIpc) is 3.42. The molecule has 27 heavy (non-hydrogen) atoms. The predicted molar refractivity (Wildman–Crippen MR) is 101 cm³/mol. The maximum absolute atomic E-state index is 13.1. The number of carbonyl (C=O) groups is 2. The number of amides is 1. The maximum Gasteiger partial charge on any atom is 0.308 e. The molecule has 1 amide bonds. The van der Waals surface area contributed by atoms with Gasteiger partial charge in [0, 0.05) is 19.0 Å². The molecule has 2 aromatic carbocycles. The smallest absolute Gasteiger partial charge is 0.308 e. The lowest BCUT2D eigenvalue weighted by Gasteiger charge is -2.19. The van der Waals surface area contributed by atoms with E-state index in [-0.39, 0.29) is 18.4 Å². The summed E-state index contributed by atoms with van der Waals surface area (Å²) in [7, 11) is 0. The number of aliphatic carboxylic acids is 1. The van der Waals surface area contributed by atoms with Crippen LogP contribution in [0, 0.1) is 11.8 Å². The summed E-state index contributed by atoms with van der Waals surface area (Å²) in [5, 5.41) is 9.66. The highest BCUT2D eigenvalue weighted by molar-refractivity contribution is 5.97. The van der Waals surface area contributed by atoms with Crippen molar-refractivity contribution in [2.24, 2.45) is 11.8 Å². The topological polar surface area (TPSA) is 66.8 Å². The summed E-state index contributed by atoms with van der Waals surface area (Å²) < 4.78 is 5.86. The number of benzene rings is 2. The van der Waals surface area contributed by atoms with Crippen molar-refractivity contribution in [1.29, 1.82) is 0 Å². The van der Waals surface area contributed by atoms with E-state index in [2.05, 4.69) is 0 Å². The van der Waals surface area contributed by atoms with E-state index in [0.717, 1.165) is 5.56 Å². The minimum Gasteiger partial charge on any atom is -0.492 e. The van der Waals surface area contributed by atoms with E-state index in [9.17, 15) is 14.7 Å². The van der Waals surface area contributed by atoms with Gasteiger partial charge in [0.25, 0.3) is 5.91 Å². The molecule has 2 atom stereocenters. The molecule has 2 unspecified atom stereocenters. The molecule has 1 saturated heterocycles. The number of rotatable bonds is 6. The molecule has 1 aliphatic carbocycles. The Balaban J connectivity index is 1.55. The molecule has 2 aliphatic rings. The Morgan fingerprint density at radius 1 is 1.00 bits per heavy atom. The zero-order chi connectivity index (χ0) is 18.8. The number of carboxylic acids is 1. The summed E-state index contributed by atoms with van der Waals surface area (Å²) in [4.78, 5) is 26.6. The lowest BCUT2D eigenvalue weighted by Crippen LogP contribution is -2.30. The molecule has 140 valence electrons. The molecule has 1 heterocycles. The lowest BCUT2D eigenvalue weighted by atomic mass is 9.89. The van der Waals surface area contributed by atoms with Gasteiger partial charge >= 0.3 is 5.97 Å². The van der Waals surface area contributed by atoms with Crippen LogP contribution in [0.25, 0.3) is 0 Å². The van der Waals surface area contributed by atoms with Crippen LogP contribution in [0.1, 0.15) is 34.7 Å². The molecule has 0 radical (unpaired) electrons.